The van der Waals surface area contributed by atoms with Crippen molar-refractivity contribution in [3.05, 3.63) is 17.0 Å². The fourth-order valence-corrected chi connectivity index (χ4v) is 1.74. The highest BCUT2D eigenvalue weighted by atomic mass is 16.5. The van der Waals surface area contributed by atoms with Gasteiger partial charge in [-0.3, -0.25) is 4.79 Å². The number of Topliss-reactive ketones (excluding diaryl/α,β-unsaturated/α-hetero) is 1. The minimum atomic E-state index is 0.200. The number of aryl methyl sites for hydroxylation is 1. The van der Waals surface area contributed by atoms with Gasteiger partial charge in [0.2, 0.25) is 0 Å². The van der Waals surface area contributed by atoms with E-state index in [2.05, 4.69) is 5.16 Å². The first kappa shape index (κ1) is 8.48. The highest BCUT2D eigenvalue weighted by Gasteiger charge is 2.27. The first-order valence-electron chi connectivity index (χ1n) is 4.71. The zero-order valence-corrected chi connectivity index (χ0v) is 7.96. The van der Waals surface area contributed by atoms with Crippen molar-refractivity contribution in [3.63, 3.8) is 0 Å². The largest absolute Gasteiger partial charge is 0.360 e. The van der Waals surface area contributed by atoms with E-state index in [1.54, 1.807) is 0 Å². The third-order valence-electron chi connectivity index (χ3n) is 2.42. The molecule has 0 unspecified atom stereocenters. The van der Waals surface area contributed by atoms with Crippen molar-refractivity contribution < 1.29 is 9.32 Å². The van der Waals surface area contributed by atoms with E-state index in [0.717, 1.165) is 29.9 Å². The molecule has 0 N–H and O–H groups in total. The Labute approximate surface area is 77.1 Å². The van der Waals surface area contributed by atoms with Gasteiger partial charge in [-0.1, -0.05) is 19.0 Å². The molecule has 0 radical (unpaired) electrons. The summed E-state index contributed by atoms with van der Waals surface area (Å²) >= 11 is 0. The van der Waals surface area contributed by atoms with Gasteiger partial charge in [0.1, 0.15) is 5.76 Å². The van der Waals surface area contributed by atoms with Crippen LogP contribution in [0.25, 0.3) is 0 Å². The van der Waals surface area contributed by atoms with E-state index in [-0.39, 0.29) is 11.7 Å². The lowest BCUT2D eigenvalue weighted by Gasteiger charge is -2.09. The molecule has 0 fully saturated rings. The van der Waals surface area contributed by atoms with Crippen LogP contribution < -0.4 is 0 Å². The third-order valence-corrected chi connectivity index (χ3v) is 2.42. The van der Waals surface area contributed by atoms with Gasteiger partial charge in [0, 0.05) is 12.8 Å². The summed E-state index contributed by atoms with van der Waals surface area (Å²) in [5.41, 5.74) is 1.60. The van der Waals surface area contributed by atoms with Crippen molar-refractivity contribution in [2.75, 3.05) is 0 Å². The average molecular weight is 179 g/mol. The number of aromatic nitrogens is 1. The topological polar surface area (TPSA) is 43.1 Å². The van der Waals surface area contributed by atoms with Crippen LogP contribution in [0.1, 0.15) is 54.4 Å². The number of carbonyl (C=O) groups is 1. The van der Waals surface area contributed by atoms with Crippen molar-refractivity contribution in [2.24, 2.45) is 0 Å². The molecular weight excluding hydrogens is 166 g/mol. The summed E-state index contributed by atoms with van der Waals surface area (Å²) in [7, 11) is 0. The van der Waals surface area contributed by atoms with Crippen LogP contribution in [-0.2, 0) is 6.42 Å². The molecule has 3 nitrogen and oxygen atoms in total. The van der Waals surface area contributed by atoms with Crippen molar-refractivity contribution in [2.45, 2.75) is 39.0 Å². The minimum Gasteiger partial charge on any atom is -0.360 e. The Bertz CT molecular complexity index is 339. The molecule has 0 bridgehead atoms. The van der Waals surface area contributed by atoms with Gasteiger partial charge >= 0.3 is 0 Å². The molecule has 13 heavy (non-hydrogen) atoms. The molecule has 1 heterocycles. The maximum atomic E-state index is 11.6. The summed E-state index contributed by atoms with van der Waals surface area (Å²) in [6, 6.07) is 0. The van der Waals surface area contributed by atoms with Crippen molar-refractivity contribution >= 4 is 5.78 Å². The van der Waals surface area contributed by atoms with E-state index in [4.69, 9.17) is 4.52 Å². The molecule has 0 spiro atoms. The van der Waals surface area contributed by atoms with Crippen LogP contribution >= 0.6 is 0 Å². The highest BCUT2D eigenvalue weighted by molar-refractivity contribution is 5.99. The van der Waals surface area contributed by atoms with Gasteiger partial charge in [-0.15, -0.1) is 0 Å². The van der Waals surface area contributed by atoms with Crippen molar-refractivity contribution in [1.82, 2.24) is 5.16 Å². The second-order valence-corrected chi connectivity index (χ2v) is 3.80. The molecule has 1 aliphatic carbocycles. The van der Waals surface area contributed by atoms with E-state index in [0.29, 0.717) is 6.42 Å². The Morgan fingerprint density at radius 1 is 1.38 bits per heavy atom. The quantitative estimate of drug-likeness (QED) is 0.664. The molecule has 0 aliphatic heterocycles. The molecule has 0 aromatic carbocycles. The Morgan fingerprint density at radius 2 is 2.15 bits per heavy atom. The summed E-state index contributed by atoms with van der Waals surface area (Å²) in [6.45, 7) is 4.06. The summed E-state index contributed by atoms with van der Waals surface area (Å²) < 4.78 is 5.15. The average Bonchev–Trinajstić information content (AvgIpc) is 2.49. The van der Waals surface area contributed by atoms with Crippen LogP contribution in [0, 0.1) is 0 Å². The van der Waals surface area contributed by atoms with E-state index < -0.39 is 0 Å². The fraction of sp³-hybridized carbons (Fsp3) is 0.600. The van der Waals surface area contributed by atoms with E-state index in [9.17, 15) is 4.79 Å². The SMILES string of the molecule is CC(C)c1noc2c1C(=O)CCC2. The van der Waals surface area contributed by atoms with E-state index in [1.807, 2.05) is 13.8 Å². The molecule has 1 aromatic rings. The van der Waals surface area contributed by atoms with Crippen molar-refractivity contribution in [1.29, 1.82) is 0 Å². The highest BCUT2D eigenvalue weighted by Crippen LogP contribution is 2.28. The van der Waals surface area contributed by atoms with Gasteiger partial charge in [-0.05, 0) is 12.3 Å². The van der Waals surface area contributed by atoms with Crippen molar-refractivity contribution in [3.8, 4) is 0 Å². The zero-order valence-electron chi connectivity index (χ0n) is 7.96. The van der Waals surface area contributed by atoms with Gasteiger partial charge in [-0.25, -0.2) is 0 Å². The smallest absolute Gasteiger partial charge is 0.168 e. The van der Waals surface area contributed by atoms with Gasteiger partial charge in [-0.2, -0.15) is 0 Å². The zero-order chi connectivity index (χ0) is 9.42. The maximum absolute atomic E-state index is 11.6. The normalized spacial score (nSPS) is 16.4. The van der Waals surface area contributed by atoms with E-state index >= 15 is 0 Å². The molecule has 0 atom stereocenters. The predicted molar refractivity (Wildman–Crippen MR) is 47.9 cm³/mol. The number of carbonyl (C=O) groups excluding carboxylic acids is 1. The molecule has 2 rings (SSSR count). The first-order chi connectivity index (χ1) is 6.20. The lowest BCUT2D eigenvalue weighted by Crippen LogP contribution is -2.11. The Balaban J connectivity index is 2.50. The lowest BCUT2D eigenvalue weighted by atomic mass is 9.92. The maximum Gasteiger partial charge on any atom is 0.168 e. The molecule has 1 aromatic heterocycles. The number of nitrogens with zero attached hydrogens (tertiary/aromatic N) is 1. The predicted octanol–water partition coefficient (Wildman–Crippen LogP) is 2.32. The fourth-order valence-electron chi connectivity index (χ4n) is 1.74. The van der Waals surface area contributed by atoms with Crippen LogP contribution in [-0.4, -0.2) is 10.9 Å². The van der Waals surface area contributed by atoms with Crippen LogP contribution in [0.2, 0.25) is 0 Å². The molecule has 0 amide bonds. The molecule has 1 aliphatic rings. The first-order valence-corrected chi connectivity index (χ1v) is 4.71. The molecule has 70 valence electrons. The number of ketones is 1. The minimum absolute atomic E-state index is 0.200. The van der Waals surface area contributed by atoms with Crippen LogP contribution in [0.5, 0.6) is 0 Å². The van der Waals surface area contributed by atoms with Gasteiger partial charge in [0.05, 0.1) is 11.3 Å². The van der Waals surface area contributed by atoms with Crippen LogP contribution in [0.15, 0.2) is 4.52 Å². The van der Waals surface area contributed by atoms with Crippen LogP contribution in [0.3, 0.4) is 0 Å². The summed E-state index contributed by atoms with van der Waals surface area (Å²) in [6.07, 6.45) is 2.41. The Kier molecular flexibility index (Phi) is 1.94. The van der Waals surface area contributed by atoms with Gasteiger partial charge < -0.3 is 4.52 Å². The summed E-state index contributed by atoms with van der Waals surface area (Å²) in [4.78, 5) is 11.6. The molecule has 3 heteroatoms. The standard InChI is InChI=1S/C10H13NO2/c1-6(2)10-9-7(12)4-3-5-8(9)13-11-10/h6H,3-5H2,1-2H3. The number of rotatable bonds is 1. The lowest BCUT2D eigenvalue weighted by molar-refractivity contribution is 0.0968. The van der Waals surface area contributed by atoms with Gasteiger partial charge in [0.25, 0.3) is 0 Å². The second-order valence-electron chi connectivity index (χ2n) is 3.80. The van der Waals surface area contributed by atoms with E-state index in [1.165, 1.54) is 0 Å². The Hall–Kier alpha value is -1.12. The molecule has 0 saturated carbocycles. The third kappa shape index (κ3) is 1.28. The van der Waals surface area contributed by atoms with Gasteiger partial charge in [0.15, 0.2) is 5.78 Å². The number of fused-ring (bicyclic) bond motifs is 1. The Morgan fingerprint density at radius 3 is 2.85 bits per heavy atom. The number of hydrogen-bond acceptors (Lipinski definition) is 3. The molecular formula is C10H13NO2. The molecule has 0 saturated heterocycles. The van der Waals surface area contributed by atoms with Crippen LogP contribution in [0.4, 0.5) is 0 Å². The monoisotopic (exact) mass is 179 g/mol. The summed E-state index contributed by atoms with van der Waals surface area (Å²) in [5, 5.41) is 3.95. The second kappa shape index (κ2) is 2.98. The number of hydrogen-bond donors (Lipinski definition) is 0. The summed E-state index contributed by atoms with van der Waals surface area (Å²) in [5.74, 6) is 1.26.